The van der Waals surface area contributed by atoms with Crippen LogP contribution in [0.3, 0.4) is 0 Å². The molecule has 1 fully saturated rings. The number of β-amino-alcohol motifs (C(OH)–C–C–N with tert-alkyl or cyclic N) is 1. The first kappa shape index (κ1) is 12.0. The Morgan fingerprint density at radius 1 is 1.47 bits per heavy atom. The Bertz CT molecular complexity index is 649. The van der Waals surface area contributed by atoms with Crippen LogP contribution in [0.4, 0.5) is 0 Å². The molecular formula is C12H15N5O2. The summed E-state index contributed by atoms with van der Waals surface area (Å²) >= 11 is 0. The monoisotopic (exact) mass is 261 g/mol. The molecular weight excluding hydrogens is 246 g/mol. The molecule has 1 aliphatic rings. The van der Waals surface area contributed by atoms with Crippen molar-refractivity contribution in [3.05, 3.63) is 23.8 Å². The molecule has 3 rings (SSSR count). The fraction of sp³-hybridized carbons (Fsp3) is 0.500. The normalized spacial score (nSPS) is 23.2. The number of carbonyl (C=O) groups excluding carboxylic acids is 1. The van der Waals surface area contributed by atoms with Crippen molar-refractivity contribution in [2.75, 3.05) is 13.1 Å². The van der Waals surface area contributed by atoms with Gasteiger partial charge in [-0.15, -0.1) is 0 Å². The molecule has 1 amide bonds. The van der Waals surface area contributed by atoms with Crippen molar-refractivity contribution in [3.8, 4) is 0 Å². The molecule has 0 radical (unpaired) electrons. The second-order valence-corrected chi connectivity index (χ2v) is 5.20. The molecule has 1 saturated heterocycles. The summed E-state index contributed by atoms with van der Waals surface area (Å²) in [6.45, 7) is 4.46. The number of rotatable bonds is 1. The van der Waals surface area contributed by atoms with E-state index in [9.17, 15) is 9.90 Å². The molecule has 1 N–H and O–H groups in total. The molecule has 19 heavy (non-hydrogen) atoms. The summed E-state index contributed by atoms with van der Waals surface area (Å²) in [7, 11) is 0. The maximum Gasteiger partial charge on any atom is 0.257 e. The van der Waals surface area contributed by atoms with Gasteiger partial charge in [0.05, 0.1) is 16.9 Å². The van der Waals surface area contributed by atoms with Gasteiger partial charge >= 0.3 is 0 Å². The number of aromatic nitrogens is 4. The quantitative estimate of drug-likeness (QED) is 0.783. The molecule has 1 unspecified atom stereocenters. The molecule has 2 aromatic rings. The molecule has 0 saturated carbocycles. The number of aryl methyl sites for hydroxylation is 1. The number of amides is 1. The predicted octanol–water partition coefficient (Wildman–Crippen LogP) is 0.0296. The average Bonchev–Trinajstić information content (AvgIpc) is 2.95. The molecule has 0 spiro atoms. The van der Waals surface area contributed by atoms with Crippen LogP contribution in [0, 0.1) is 6.92 Å². The van der Waals surface area contributed by atoms with Gasteiger partial charge in [0.15, 0.2) is 0 Å². The van der Waals surface area contributed by atoms with Gasteiger partial charge in [0.1, 0.15) is 6.33 Å². The van der Waals surface area contributed by atoms with Gasteiger partial charge in [-0.05, 0) is 20.3 Å². The van der Waals surface area contributed by atoms with Crippen molar-refractivity contribution in [2.24, 2.45) is 0 Å². The van der Waals surface area contributed by atoms with Gasteiger partial charge in [-0.25, -0.2) is 9.50 Å². The Balaban J connectivity index is 1.96. The van der Waals surface area contributed by atoms with Gasteiger partial charge in [0.2, 0.25) is 0 Å². The molecule has 0 bridgehead atoms. The minimum Gasteiger partial charge on any atom is -0.388 e. The third-order valence-electron chi connectivity index (χ3n) is 3.52. The number of nitrogens with zero attached hydrogens (tertiary/aromatic N) is 5. The topological polar surface area (TPSA) is 83.6 Å². The van der Waals surface area contributed by atoms with E-state index in [0.717, 1.165) is 0 Å². The zero-order chi connectivity index (χ0) is 13.6. The van der Waals surface area contributed by atoms with Gasteiger partial charge in [-0.3, -0.25) is 4.79 Å². The fourth-order valence-electron chi connectivity index (χ4n) is 2.39. The Kier molecular flexibility index (Phi) is 2.53. The van der Waals surface area contributed by atoms with Crippen molar-refractivity contribution in [3.63, 3.8) is 0 Å². The van der Waals surface area contributed by atoms with Crippen molar-refractivity contribution < 1.29 is 9.90 Å². The number of aliphatic hydroxyl groups is 1. The van der Waals surface area contributed by atoms with E-state index in [1.54, 1.807) is 16.3 Å². The molecule has 3 heterocycles. The van der Waals surface area contributed by atoms with Gasteiger partial charge in [-0.2, -0.15) is 10.1 Å². The van der Waals surface area contributed by atoms with E-state index >= 15 is 0 Å². The average molecular weight is 261 g/mol. The largest absolute Gasteiger partial charge is 0.388 e. The minimum absolute atomic E-state index is 0.125. The summed E-state index contributed by atoms with van der Waals surface area (Å²) < 4.78 is 1.54. The highest BCUT2D eigenvalue weighted by molar-refractivity contribution is 5.95. The summed E-state index contributed by atoms with van der Waals surface area (Å²) in [4.78, 5) is 22.2. The zero-order valence-corrected chi connectivity index (χ0v) is 10.9. The lowest BCUT2D eigenvalue weighted by Crippen LogP contribution is -2.34. The predicted molar refractivity (Wildman–Crippen MR) is 66.7 cm³/mol. The highest BCUT2D eigenvalue weighted by atomic mass is 16.3. The van der Waals surface area contributed by atoms with E-state index in [1.165, 1.54) is 12.5 Å². The lowest BCUT2D eigenvalue weighted by molar-refractivity contribution is 0.0571. The number of hydrogen-bond acceptors (Lipinski definition) is 5. The summed E-state index contributed by atoms with van der Waals surface area (Å²) in [6.07, 6.45) is 3.52. The Labute approximate surface area is 109 Å². The van der Waals surface area contributed by atoms with Gasteiger partial charge in [0.25, 0.3) is 11.7 Å². The number of fused-ring (bicyclic) bond motifs is 1. The number of likely N-dealkylation sites (tertiary alicyclic amines) is 1. The summed E-state index contributed by atoms with van der Waals surface area (Å²) in [5.41, 5.74) is 0.406. The van der Waals surface area contributed by atoms with Gasteiger partial charge < -0.3 is 10.0 Å². The summed E-state index contributed by atoms with van der Waals surface area (Å²) in [6, 6.07) is 0. The molecule has 1 aliphatic heterocycles. The Hall–Kier alpha value is -2.02. The molecule has 2 aromatic heterocycles. The smallest absolute Gasteiger partial charge is 0.257 e. The van der Waals surface area contributed by atoms with Crippen LogP contribution in [0.5, 0.6) is 0 Å². The van der Waals surface area contributed by atoms with Crippen LogP contribution >= 0.6 is 0 Å². The van der Waals surface area contributed by atoms with E-state index in [4.69, 9.17) is 0 Å². The first-order valence-electron chi connectivity index (χ1n) is 6.15. The third kappa shape index (κ3) is 1.95. The lowest BCUT2D eigenvalue weighted by Gasteiger charge is -2.19. The Morgan fingerprint density at radius 3 is 2.95 bits per heavy atom. The second-order valence-electron chi connectivity index (χ2n) is 5.20. The van der Waals surface area contributed by atoms with Crippen LogP contribution in [0.1, 0.15) is 29.4 Å². The van der Waals surface area contributed by atoms with Crippen molar-refractivity contribution >= 4 is 11.7 Å². The fourth-order valence-corrected chi connectivity index (χ4v) is 2.39. The maximum atomic E-state index is 12.4. The van der Waals surface area contributed by atoms with Crippen LogP contribution in [0.15, 0.2) is 12.5 Å². The van der Waals surface area contributed by atoms with Crippen LogP contribution in [0.2, 0.25) is 0 Å². The van der Waals surface area contributed by atoms with E-state index in [0.29, 0.717) is 36.5 Å². The van der Waals surface area contributed by atoms with Crippen molar-refractivity contribution in [1.29, 1.82) is 0 Å². The van der Waals surface area contributed by atoms with Crippen LogP contribution in [-0.2, 0) is 0 Å². The highest BCUT2D eigenvalue weighted by Crippen LogP contribution is 2.22. The first-order chi connectivity index (χ1) is 8.98. The van der Waals surface area contributed by atoms with E-state index < -0.39 is 5.60 Å². The first-order valence-corrected chi connectivity index (χ1v) is 6.15. The molecule has 0 aromatic carbocycles. The highest BCUT2D eigenvalue weighted by Gasteiger charge is 2.35. The lowest BCUT2D eigenvalue weighted by atomic mass is 10.1. The van der Waals surface area contributed by atoms with E-state index in [1.807, 2.05) is 6.92 Å². The Morgan fingerprint density at radius 2 is 2.26 bits per heavy atom. The minimum atomic E-state index is -0.797. The SMILES string of the molecule is Cc1c(C(=O)N2CCC(C)(O)C2)cnc2ncnn12. The van der Waals surface area contributed by atoms with Crippen molar-refractivity contribution in [1.82, 2.24) is 24.5 Å². The van der Waals surface area contributed by atoms with E-state index in [-0.39, 0.29) is 5.91 Å². The van der Waals surface area contributed by atoms with Crippen LogP contribution in [0.25, 0.3) is 5.78 Å². The summed E-state index contributed by atoms with van der Waals surface area (Å²) in [5, 5.41) is 14.0. The molecule has 7 heteroatoms. The number of carbonyl (C=O) groups is 1. The molecule has 0 aliphatic carbocycles. The standard InChI is InChI=1S/C12H15N5O2/c1-8-9(5-13-11-14-7-15-17(8)11)10(18)16-4-3-12(2,19)6-16/h5,7,19H,3-4,6H2,1-2H3. The maximum absolute atomic E-state index is 12.4. The van der Waals surface area contributed by atoms with Gasteiger partial charge in [0, 0.05) is 19.3 Å². The third-order valence-corrected chi connectivity index (χ3v) is 3.52. The molecule has 7 nitrogen and oxygen atoms in total. The van der Waals surface area contributed by atoms with Crippen LogP contribution < -0.4 is 0 Å². The van der Waals surface area contributed by atoms with Crippen molar-refractivity contribution in [2.45, 2.75) is 25.9 Å². The van der Waals surface area contributed by atoms with E-state index in [2.05, 4.69) is 15.1 Å². The van der Waals surface area contributed by atoms with Crippen LogP contribution in [-0.4, -0.2) is 54.2 Å². The molecule has 100 valence electrons. The zero-order valence-electron chi connectivity index (χ0n) is 10.9. The van der Waals surface area contributed by atoms with Gasteiger partial charge in [-0.1, -0.05) is 0 Å². The summed E-state index contributed by atoms with van der Waals surface area (Å²) in [5.74, 6) is 0.350. The molecule has 1 atom stereocenters. The number of hydrogen-bond donors (Lipinski definition) is 1. The second kappa shape index (κ2) is 3.99.